The summed E-state index contributed by atoms with van der Waals surface area (Å²) in [5, 5.41) is 0. The van der Waals surface area contributed by atoms with Crippen molar-refractivity contribution in [3.8, 4) is 11.8 Å². The summed E-state index contributed by atoms with van der Waals surface area (Å²) >= 11 is 0. The quantitative estimate of drug-likeness (QED) is 0.602. The second-order valence-corrected chi connectivity index (χ2v) is 6.73. The van der Waals surface area contributed by atoms with Crippen LogP contribution in [-0.4, -0.2) is 0 Å². The molecule has 0 saturated heterocycles. The standard InChI is InChI=1S/C17H24/c1-16(2,3)13-12-15(17(4,5)6)14-10-8-7-9-11-14/h7-11,15H,1-6H3/t15-/m0/s1. The Hall–Kier alpha value is -1.22. The molecule has 0 spiro atoms. The molecule has 0 heteroatoms. The summed E-state index contributed by atoms with van der Waals surface area (Å²) in [6, 6.07) is 10.6. The van der Waals surface area contributed by atoms with E-state index >= 15 is 0 Å². The van der Waals surface area contributed by atoms with Gasteiger partial charge in [0.25, 0.3) is 0 Å². The van der Waals surface area contributed by atoms with Gasteiger partial charge in [0.1, 0.15) is 0 Å². The van der Waals surface area contributed by atoms with Crippen LogP contribution in [0.15, 0.2) is 30.3 Å². The Morgan fingerprint density at radius 3 is 1.82 bits per heavy atom. The van der Waals surface area contributed by atoms with Gasteiger partial charge in [0.2, 0.25) is 0 Å². The van der Waals surface area contributed by atoms with Crippen molar-refractivity contribution >= 4 is 0 Å². The molecule has 1 aromatic rings. The van der Waals surface area contributed by atoms with Crippen molar-refractivity contribution in [3.05, 3.63) is 35.9 Å². The maximum atomic E-state index is 3.47. The van der Waals surface area contributed by atoms with Gasteiger partial charge in [-0.15, -0.1) is 0 Å². The van der Waals surface area contributed by atoms with E-state index in [2.05, 4.69) is 83.7 Å². The first kappa shape index (κ1) is 13.8. The van der Waals surface area contributed by atoms with Crippen LogP contribution in [0.2, 0.25) is 0 Å². The third-order valence-corrected chi connectivity index (χ3v) is 2.59. The minimum absolute atomic E-state index is 0.0677. The molecular formula is C17H24. The van der Waals surface area contributed by atoms with E-state index in [0.717, 1.165) is 0 Å². The lowest BCUT2D eigenvalue weighted by molar-refractivity contribution is 0.374. The van der Waals surface area contributed by atoms with E-state index in [1.807, 2.05) is 0 Å². The topological polar surface area (TPSA) is 0 Å². The van der Waals surface area contributed by atoms with E-state index in [1.54, 1.807) is 0 Å². The van der Waals surface area contributed by atoms with Crippen LogP contribution >= 0.6 is 0 Å². The van der Waals surface area contributed by atoms with E-state index in [4.69, 9.17) is 0 Å². The predicted molar refractivity (Wildman–Crippen MR) is 75.9 cm³/mol. The molecule has 92 valence electrons. The monoisotopic (exact) mass is 228 g/mol. The van der Waals surface area contributed by atoms with E-state index in [1.165, 1.54) is 5.56 Å². The fourth-order valence-electron chi connectivity index (χ4n) is 1.73. The van der Waals surface area contributed by atoms with Crippen LogP contribution in [0, 0.1) is 22.7 Å². The lowest BCUT2D eigenvalue weighted by Gasteiger charge is -2.27. The van der Waals surface area contributed by atoms with Crippen LogP contribution in [0.4, 0.5) is 0 Å². The maximum absolute atomic E-state index is 3.47. The molecule has 1 aromatic carbocycles. The average molecular weight is 228 g/mol. The van der Waals surface area contributed by atoms with E-state index in [0.29, 0.717) is 5.92 Å². The van der Waals surface area contributed by atoms with Crippen LogP contribution in [0.5, 0.6) is 0 Å². The first-order chi connectivity index (χ1) is 7.70. The predicted octanol–water partition coefficient (Wildman–Crippen LogP) is 4.87. The number of hydrogen-bond acceptors (Lipinski definition) is 0. The number of benzene rings is 1. The van der Waals surface area contributed by atoms with Gasteiger partial charge in [0.05, 0.1) is 5.92 Å². The normalized spacial score (nSPS) is 13.8. The summed E-state index contributed by atoms with van der Waals surface area (Å²) in [6.45, 7) is 13.2. The zero-order chi connectivity index (χ0) is 13.1. The Balaban J connectivity index is 3.10. The highest BCUT2D eigenvalue weighted by Gasteiger charge is 2.24. The van der Waals surface area contributed by atoms with Gasteiger partial charge in [0, 0.05) is 5.41 Å². The molecule has 0 amide bonds. The van der Waals surface area contributed by atoms with Crippen molar-refractivity contribution in [2.75, 3.05) is 0 Å². The largest absolute Gasteiger partial charge is 0.0967 e. The van der Waals surface area contributed by atoms with Crippen molar-refractivity contribution in [3.63, 3.8) is 0 Å². The molecule has 0 fully saturated rings. The lowest BCUT2D eigenvalue weighted by Crippen LogP contribution is -2.17. The molecule has 0 unspecified atom stereocenters. The van der Waals surface area contributed by atoms with E-state index in [-0.39, 0.29) is 10.8 Å². The Bertz CT molecular complexity index is 401. The van der Waals surface area contributed by atoms with Crippen LogP contribution in [0.1, 0.15) is 53.0 Å². The van der Waals surface area contributed by atoms with Crippen molar-refractivity contribution in [2.45, 2.75) is 47.5 Å². The van der Waals surface area contributed by atoms with Gasteiger partial charge in [-0.3, -0.25) is 0 Å². The van der Waals surface area contributed by atoms with Gasteiger partial charge in [0.15, 0.2) is 0 Å². The molecule has 0 aliphatic rings. The molecule has 0 aliphatic carbocycles. The number of rotatable bonds is 1. The van der Waals surface area contributed by atoms with Gasteiger partial charge < -0.3 is 0 Å². The Kier molecular flexibility index (Phi) is 4.04. The SMILES string of the molecule is CC(C)(C)C#C[C@@H](c1ccccc1)C(C)(C)C. The highest BCUT2D eigenvalue weighted by Crippen LogP contribution is 2.34. The zero-order valence-electron chi connectivity index (χ0n) is 12.0. The van der Waals surface area contributed by atoms with Crippen molar-refractivity contribution in [1.29, 1.82) is 0 Å². The van der Waals surface area contributed by atoms with E-state index in [9.17, 15) is 0 Å². The van der Waals surface area contributed by atoms with Crippen molar-refractivity contribution < 1.29 is 0 Å². The van der Waals surface area contributed by atoms with Gasteiger partial charge >= 0.3 is 0 Å². The second-order valence-electron chi connectivity index (χ2n) is 6.73. The van der Waals surface area contributed by atoms with Crippen molar-refractivity contribution in [1.82, 2.24) is 0 Å². The first-order valence-electron chi connectivity index (χ1n) is 6.28. The fraction of sp³-hybridized carbons (Fsp3) is 0.529. The fourth-order valence-corrected chi connectivity index (χ4v) is 1.73. The highest BCUT2D eigenvalue weighted by atomic mass is 14.3. The summed E-state index contributed by atoms with van der Waals surface area (Å²) in [7, 11) is 0. The minimum atomic E-state index is 0.0677. The minimum Gasteiger partial charge on any atom is -0.0967 e. The van der Waals surface area contributed by atoms with Gasteiger partial charge in [-0.05, 0) is 31.7 Å². The first-order valence-corrected chi connectivity index (χ1v) is 6.28. The molecule has 0 aromatic heterocycles. The second kappa shape index (κ2) is 4.96. The summed E-state index contributed by atoms with van der Waals surface area (Å²) in [5.74, 6) is 7.14. The average Bonchev–Trinajstić information content (AvgIpc) is 2.15. The molecule has 0 nitrogen and oxygen atoms in total. The smallest absolute Gasteiger partial charge is 0.0500 e. The summed E-state index contributed by atoms with van der Waals surface area (Å²) in [6.07, 6.45) is 0. The third-order valence-electron chi connectivity index (χ3n) is 2.59. The molecule has 1 rings (SSSR count). The molecule has 0 N–H and O–H groups in total. The molecule has 0 heterocycles. The van der Waals surface area contributed by atoms with Gasteiger partial charge in [-0.2, -0.15) is 0 Å². The van der Waals surface area contributed by atoms with Gasteiger partial charge in [-0.25, -0.2) is 0 Å². The number of hydrogen-bond donors (Lipinski definition) is 0. The van der Waals surface area contributed by atoms with Crippen LogP contribution in [0.25, 0.3) is 0 Å². The Morgan fingerprint density at radius 2 is 1.41 bits per heavy atom. The lowest BCUT2D eigenvalue weighted by atomic mass is 9.76. The van der Waals surface area contributed by atoms with Crippen LogP contribution in [-0.2, 0) is 0 Å². The Morgan fingerprint density at radius 1 is 0.882 bits per heavy atom. The summed E-state index contributed by atoms with van der Waals surface area (Å²) in [5.41, 5.74) is 1.55. The zero-order valence-corrected chi connectivity index (χ0v) is 12.0. The molecule has 0 bridgehead atoms. The molecule has 0 saturated carbocycles. The summed E-state index contributed by atoms with van der Waals surface area (Å²) in [4.78, 5) is 0. The maximum Gasteiger partial charge on any atom is 0.0500 e. The Labute approximate surface area is 106 Å². The van der Waals surface area contributed by atoms with Crippen molar-refractivity contribution in [2.24, 2.45) is 10.8 Å². The molecule has 17 heavy (non-hydrogen) atoms. The van der Waals surface area contributed by atoms with Crippen LogP contribution < -0.4 is 0 Å². The third kappa shape index (κ3) is 4.65. The highest BCUT2D eigenvalue weighted by molar-refractivity contribution is 5.31. The van der Waals surface area contributed by atoms with E-state index < -0.39 is 0 Å². The van der Waals surface area contributed by atoms with Gasteiger partial charge in [-0.1, -0.05) is 62.9 Å². The molecular weight excluding hydrogens is 204 g/mol. The molecule has 1 atom stereocenters. The molecule has 0 aliphatic heterocycles. The molecule has 0 radical (unpaired) electrons. The summed E-state index contributed by atoms with van der Waals surface area (Å²) < 4.78 is 0. The van der Waals surface area contributed by atoms with Crippen LogP contribution in [0.3, 0.4) is 0 Å².